The van der Waals surface area contributed by atoms with Crippen molar-refractivity contribution in [2.75, 3.05) is 6.54 Å². The normalized spacial score (nSPS) is 40.2. The van der Waals surface area contributed by atoms with Crippen molar-refractivity contribution in [1.82, 2.24) is 5.32 Å². The van der Waals surface area contributed by atoms with Crippen LogP contribution in [0.4, 0.5) is 0 Å². The zero-order valence-corrected chi connectivity index (χ0v) is 6.99. The van der Waals surface area contributed by atoms with E-state index in [4.69, 9.17) is 5.11 Å². The number of carbonyl (C=O) groups is 1. The van der Waals surface area contributed by atoms with Crippen LogP contribution in [0.1, 0.15) is 19.3 Å². The van der Waals surface area contributed by atoms with Gasteiger partial charge in [0.25, 0.3) is 0 Å². The molecule has 0 radical (unpaired) electrons. The molecular weight excluding hydrogens is 166 g/mol. The van der Waals surface area contributed by atoms with Gasteiger partial charge in [-0.2, -0.15) is 0 Å². The maximum absolute atomic E-state index is 10.7. The number of hydrogen-bond acceptors (Lipinski definition) is 2. The fourth-order valence-corrected chi connectivity index (χ4v) is 2.09. The summed E-state index contributed by atoms with van der Waals surface area (Å²) in [5.74, 6) is -0.230. The zero-order chi connectivity index (χ0) is 7.19. The van der Waals surface area contributed by atoms with E-state index in [1.165, 1.54) is 0 Å². The highest BCUT2D eigenvalue weighted by molar-refractivity contribution is 5.85. The number of hydrogen-bond donors (Lipinski definition) is 2. The fraction of sp³-hybridized carbons (Fsp3) is 0.857. The SMILES string of the molecule is Cl.O=C(O)[C@@]12CC[C@@H]1CCN2. The Labute approximate surface area is 71.6 Å². The standard InChI is InChI=1S/C7H11NO2.ClH/c9-6(10)7-3-1-5(7)2-4-8-7;/h5,8H,1-4H2,(H,9,10);1H/t5-,7-;/m1./s1. The van der Waals surface area contributed by atoms with Crippen LogP contribution in [0.5, 0.6) is 0 Å². The molecule has 64 valence electrons. The van der Waals surface area contributed by atoms with Crippen LogP contribution in [0.3, 0.4) is 0 Å². The van der Waals surface area contributed by atoms with Crippen LogP contribution in [0.25, 0.3) is 0 Å². The van der Waals surface area contributed by atoms with Gasteiger partial charge in [-0.1, -0.05) is 0 Å². The minimum absolute atomic E-state index is 0. The molecule has 2 fully saturated rings. The first-order valence-electron chi connectivity index (χ1n) is 3.74. The molecule has 2 aliphatic rings. The molecule has 4 heteroatoms. The van der Waals surface area contributed by atoms with E-state index in [0.29, 0.717) is 5.92 Å². The van der Waals surface area contributed by atoms with E-state index < -0.39 is 11.5 Å². The van der Waals surface area contributed by atoms with Crippen molar-refractivity contribution < 1.29 is 9.90 Å². The van der Waals surface area contributed by atoms with E-state index >= 15 is 0 Å². The Hall–Kier alpha value is -0.280. The molecule has 0 aromatic rings. The molecule has 2 N–H and O–H groups in total. The molecule has 3 nitrogen and oxygen atoms in total. The van der Waals surface area contributed by atoms with Crippen molar-refractivity contribution in [2.45, 2.75) is 24.8 Å². The molecule has 2 atom stereocenters. The molecule has 1 saturated carbocycles. The number of aliphatic carboxylic acids is 1. The summed E-state index contributed by atoms with van der Waals surface area (Å²) < 4.78 is 0. The molecule has 0 spiro atoms. The second-order valence-electron chi connectivity index (χ2n) is 3.23. The van der Waals surface area contributed by atoms with E-state index in [2.05, 4.69) is 5.32 Å². The van der Waals surface area contributed by atoms with Gasteiger partial charge in [-0.05, 0) is 31.7 Å². The maximum Gasteiger partial charge on any atom is 0.324 e. The topological polar surface area (TPSA) is 49.3 Å². The van der Waals surface area contributed by atoms with Gasteiger partial charge in [-0.15, -0.1) is 12.4 Å². The monoisotopic (exact) mass is 177 g/mol. The van der Waals surface area contributed by atoms with E-state index in [0.717, 1.165) is 25.8 Å². The van der Waals surface area contributed by atoms with Crippen LogP contribution in [-0.2, 0) is 4.79 Å². The second kappa shape index (κ2) is 2.64. The van der Waals surface area contributed by atoms with Crippen LogP contribution in [0.15, 0.2) is 0 Å². The fourth-order valence-electron chi connectivity index (χ4n) is 2.09. The van der Waals surface area contributed by atoms with E-state index in [1.54, 1.807) is 0 Å². The van der Waals surface area contributed by atoms with Crippen LogP contribution in [0.2, 0.25) is 0 Å². The number of rotatable bonds is 1. The van der Waals surface area contributed by atoms with Crippen LogP contribution < -0.4 is 5.32 Å². The Morgan fingerprint density at radius 1 is 1.55 bits per heavy atom. The van der Waals surface area contributed by atoms with Gasteiger partial charge < -0.3 is 10.4 Å². The molecule has 0 aromatic carbocycles. The summed E-state index contributed by atoms with van der Waals surface area (Å²) >= 11 is 0. The minimum Gasteiger partial charge on any atom is -0.480 e. The quantitative estimate of drug-likeness (QED) is 0.618. The average Bonchev–Trinajstić information content (AvgIpc) is 2.09. The van der Waals surface area contributed by atoms with Crippen molar-refractivity contribution in [3.8, 4) is 0 Å². The average molecular weight is 178 g/mol. The largest absolute Gasteiger partial charge is 0.480 e. The smallest absolute Gasteiger partial charge is 0.324 e. The van der Waals surface area contributed by atoms with Gasteiger partial charge in [0.05, 0.1) is 0 Å². The summed E-state index contributed by atoms with van der Waals surface area (Å²) in [5.41, 5.74) is -0.500. The lowest BCUT2D eigenvalue weighted by Crippen LogP contribution is -2.58. The molecule has 2 rings (SSSR count). The van der Waals surface area contributed by atoms with Crippen LogP contribution in [-0.4, -0.2) is 23.2 Å². The van der Waals surface area contributed by atoms with Crippen molar-refractivity contribution in [2.24, 2.45) is 5.92 Å². The number of fused-ring (bicyclic) bond motifs is 1. The lowest BCUT2D eigenvalue weighted by molar-refractivity contribution is -0.150. The first-order valence-corrected chi connectivity index (χ1v) is 3.74. The molecule has 1 aliphatic carbocycles. The summed E-state index contributed by atoms with van der Waals surface area (Å²) in [5, 5.41) is 11.9. The van der Waals surface area contributed by atoms with Crippen molar-refractivity contribution in [3.05, 3.63) is 0 Å². The lowest BCUT2D eigenvalue weighted by Gasteiger charge is -2.40. The number of halogens is 1. The van der Waals surface area contributed by atoms with Gasteiger partial charge in [0.15, 0.2) is 0 Å². The Bertz CT molecular complexity index is 185. The predicted molar refractivity (Wildman–Crippen MR) is 43.0 cm³/mol. The zero-order valence-electron chi connectivity index (χ0n) is 6.17. The molecule has 0 aromatic heterocycles. The molecule has 1 saturated heterocycles. The summed E-state index contributed by atoms with van der Waals surface area (Å²) in [6.45, 7) is 0.886. The first-order chi connectivity index (χ1) is 4.76. The predicted octanol–water partition coefficient (Wildman–Crippen LogP) is 0.635. The van der Waals surface area contributed by atoms with E-state index in [1.807, 2.05) is 0 Å². The third-order valence-corrected chi connectivity index (χ3v) is 2.90. The number of carboxylic acids is 1. The Morgan fingerprint density at radius 2 is 2.27 bits per heavy atom. The third-order valence-electron chi connectivity index (χ3n) is 2.90. The highest BCUT2D eigenvalue weighted by Crippen LogP contribution is 2.44. The Kier molecular flexibility index (Phi) is 2.12. The molecule has 1 aliphatic heterocycles. The summed E-state index contributed by atoms with van der Waals surface area (Å²) in [7, 11) is 0. The van der Waals surface area contributed by atoms with Gasteiger partial charge in [-0.3, -0.25) is 4.79 Å². The van der Waals surface area contributed by atoms with Crippen molar-refractivity contribution in [3.63, 3.8) is 0 Å². The minimum atomic E-state index is -0.652. The van der Waals surface area contributed by atoms with Gasteiger partial charge in [0.1, 0.15) is 5.54 Å². The lowest BCUT2D eigenvalue weighted by atomic mass is 9.68. The molecule has 11 heavy (non-hydrogen) atoms. The second-order valence-corrected chi connectivity index (χ2v) is 3.23. The molecule has 0 amide bonds. The summed E-state index contributed by atoms with van der Waals surface area (Å²) in [6.07, 6.45) is 2.97. The van der Waals surface area contributed by atoms with Gasteiger partial charge in [-0.25, -0.2) is 0 Å². The van der Waals surface area contributed by atoms with E-state index in [-0.39, 0.29) is 12.4 Å². The highest BCUT2D eigenvalue weighted by atomic mass is 35.5. The maximum atomic E-state index is 10.7. The van der Waals surface area contributed by atoms with Crippen LogP contribution in [0, 0.1) is 5.92 Å². The van der Waals surface area contributed by atoms with Gasteiger partial charge in [0.2, 0.25) is 0 Å². The van der Waals surface area contributed by atoms with Crippen molar-refractivity contribution >= 4 is 18.4 Å². The number of nitrogens with one attached hydrogen (secondary N) is 1. The Morgan fingerprint density at radius 3 is 2.55 bits per heavy atom. The molecule has 1 heterocycles. The Balaban J connectivity index is 0.000000605. The number of carboxylic acid groups (broad SMARTS) is 1. The highest BCUT2D eigenvalue weighted by Gasteiger charge is 2.55. The summed E-state index contributed by atoms with van der Waals surface area (Å²) in [6, 6.07) is 0. The molecular formula is C7H12ClNO2. The molecule has 0 bridgehead atoms. The van der Waals surface area contributed by atoms with Gasteiger partial charge >= 0.3 is 5.97 Å². The first kappa shape index (κ1) is 8.81. The molecule has 0 unspecified atom stereocenters. The van der Waals surface area contributed by atoms with Gasteiger partial charge in [0, 0.05) is 0 Å². The van der Waals surface area contributed by atoms with Crippen LogP contribution >= 0.6 is 12.4 Å². The van der Waals surface area contributed by atoms with E-state index in [9.17, 15) is 4.79 Å². The van der Waals surface area contributed by atoms with Crippen molar-refractivity contribution in [1.29, 1.82) is 0 Å². The summed E-state index contributed by atoms with van der Waals surface area (Å²) in [4.78, 5) is 10.7. The third kappa shape index (κ3) is 0.948.